The maximum Gasteiger partial charge on any atom is 0.410 e. The number of anilines is 1. The van der Waals surface area contributed by atoms with Crippen LogP contribution >= 0.6 is 0 Å². The zero-order valence-electron chi connectivity index (χ0n) is 16.2. The average Bonchev–Trinajstić information content (AvgIpc) is 2.60. The van der Waals surface area contributed by atoms with Gasteiger partial charge in [0.25, 0.3) is 0 Å². The maximum atomic E-state index is 12.5. The molecule has 1 fully saturated rings. The van der Waals surface area contributed by atoms with Crippen molar-refractivity contribution in [2.75, 3.05) is 18.5 Å². The molecule has 0 radical (unpaired) electrons. The lowest BCUT2D eigenvalue weighted by molar-refractivity contribution is -0.116. The summed E-state index contributed by atoms with van der Waals surface area (Å²) in [4.78, 5) is 25.6. The number of carbonyl (C=O) groups excluding carboxylic acids is 2. The number of nitrogens with zero attached hydrogens (tertiary/aromatic N) is 1. The summed E-state index contributed by atoms with van der Waals surface area (Å²) < 4.78 is 11.5. The van der Waals surface area contributed by atoms with E-state index in [2.05, 4.69) is 5.32 Å². The molecule has 0 aliphatic carbocycles. The summed E-state index contributed by atoms with van der Waals surface area (Å²) >= 11 is 0. The van der Waals surface area contributed by atoms with E-state index in [4.69, 9.17) is 9.47 Å². The second-order valence-electron chi connectivity index (χ2n) is 8.15. The number of benzene rings is 1. The molecular formula is C20H28N2O5. The Bertz CT molecular complexity index is 713. The van der Waals surface area contributed by atoms with Crippen molar-refractivity contribution in [2.45, 2.75) is 64.2 Å². The van der Waals surface area contributed by atoms with Crippen LogP contribution in [0.5, 0.6) is 5.75 Å². The van der Waals surface area contributed by atoms with Gasteiger partial charge in [0.1, 0.15) is 17.5 Å². The van der Waals surface area contributed by atoms with E-state index in [0.29, 0.717) is 25.1 Å². The van der Waals surface area contributed by atoms with Crippen molar-refractivity contribution in [1.82, 2.24) is 4.90 Å². The van der Waals surface area contributed by atoms with E-state index in [1.807, 2.05) is 39.0 Å². The van der Waals surface area contributed by atoms with E-state index in [1.165, 1.54) is 0 Å². The first-order valence-corrected chi connectivity index (χ1v) is 9.45. The van der Waals surface area contributed by atoms with Crippen LogP contribution in [-0.2, 0) is 16.0 Å². The second-order valence-corrected chi connectivity index (χ2v) is 8.15. The number of carbonyl (C=O) groups is 2. The van der Waals surface area contributed by atoms with Crippen molar-refractivity contribution in [3.63, 3.8) is 0 Å². The Kier molecular flexibility index (Phi) is 5.60. The van der Waals surface area contributed by atoms with Gasteiger partial charge in [0.05, 0.1) is 19.2 Å². The van der Waals surface area contributed by atoms with Gasteiger partial charge in [0, 0.05) is 18.2 Å². The van der Waals surface area contributed by atoms with Crippen molar-refractivity contribution >= 4 is 17.7 Å². The molecule has 27 heavy (non-hydrogen) atoms. The summed E-state index contributed by atoms with van der Waals surface area (Å²) in [7, 11) is 0. The van der Waals surface area contributed by atoms with Gasteiger partial charge in [-0.25, -0.2) is 4.79 Å². The number of aryl methyl sites for hydroxylation is 1. The minimum absolute atomic E-state index is 0.0132. The minimum Gasteiger partial charge on any atom is -0.489 e. The molecule has 7 nitrogen and oxygen atoms in total. The van der Waals surface area contributed by atoms with Crippen LogP contribution in [0.3, 0.4) is 0 Å². The molecule has 0 saturated carbocycles. The lowest BCUT2D eigenvalue weighted by Gasteiger charge is -2.39. The number of ether oxygens (including phenoxy) is 2. The number of likely N-dealkylation sites (tertiary alicyclic amines) is 1. The van der Waals surface area contributed by atoms with Crippen molar-refractivity contribution in [2.24, 2.45) is 0 Å². The van der Waals surface area contributed by atoms with Gasteiger partial charge in [-0.1, -0.05) is 6.07 Å². The van der Waals surface area contributed by atoms with Crippen molar-refractivity contribution in [3.05, 3.63) is 23.8 Å². The third-order valence-electron chi connectivity index (χ3n) is 4.78. The SMILES string of the molecule is CC(C)(C)OC(=O)N1C[C@@H](Oc2ccc3c(c2)NC(=O)CC3)CC[C@@H]1CO. The molecule has 2 aliphatic rings. The highest BCUT2D eigenvalue weighted by atomic mass is 16.6. The molecule has 2 atom stereocenters. The molecule has 7 heteroatoms. The number of nitrogens with one attached hydrogen (secondary N) is 1. The van der Waals surface area contributed by atoms with Crippen LogP contribution in [0.25, 0.3) is 0 Å². The van der Waals surface area contributed by atoms with Crippen LogP contribution in [0.1, 0.15) is 45.6 Å². The first kappa shape index (κ1) is 19.5. The molecule has 2 N–H and O–H groups in total. The van der Waals surface area contributed by atoms with Crippen molar-refractivity contribution < 1.29 is 24.2 Å². The number of aliphatic hydroxyl groups is 1. The van der Waals surface area contributed by atoms with E-state index in [1.54, 1.807) is 4.90 Å². The fraction of sp³-hybridized carbons (Fsp3) is 0.600. The van der Waals surface area contributed by atoms with Crippen molar-refractivity contribution in [1.29, 1.82) is 0 Å². The highest BCUT2D eigenvalue weighted by molar-refractivity contribution is 5.94. The first-order valence-electron chi connectivity index (χ1n) is 9.45. The number of amides is 2. The molecule has 0 spiro atoms. The fourth-order valence-electron chi connectivity index (χ4n) is 3.44. The van der Waals surface area contributed by atoms with E-state index in [-0.39, 0.29) is 24.7 Å². The Morgan fingerprint density at radius 1 is 1.30 bits per heavy atom. The first-order chi connectivity index (χ1) is 12.7. The van der Waals surface area contributed by atoms with Crippen LogP contribution < -0.4 is 10.1 Å². The Balaban J connectivity index is 1.68. The second kappa shape index (κ2) is 7.76. The van der Waals surface area contributed by atoms with E-state index < -0.39 is 11.7 Å². The number of hydrogen-bond donors (Lipinski definition) is 2. The number of fused-ring (bicyclic) bond motifs is 1. The fourth-order valence-corrected chi connectivity index (χ4v) is 3.44. The maximum absolute atomic E-state index is 12.5. The predicted octanol–water partition coefficient (Wildman–Crippen LogP) is 2.71. The molecule has 3 rings (SSSR count). The highest BCUT2D eigenvalue weighted by Crippen LogP contribution is 2.29. The monoisotopic (exact) mass is 376 g/mol. The zero-order valence-corrected chi connectivity index (χ0v) is 16.2. The van der Waals surface area contributed by atoms with Crippen LogP contribution in [-0.4, -0.2) is 52.9 Å². The lowest BCUT2D eigenvalue weighted by atomic mass is 10.0. The Labute approximate surface area is 159 Å². The molecule has 2 heterocycles. The predicted molar refractivity (Wildman–Crippen MR) is 101 cm³/mol. The number of aliphatic hydroxyl groups excluding tert-OH is 1. The van der Waals surface area contributed by atoms with Gasteiger partial charge in [-0.2, -0.15) is 0 Å². The van der Waals surface area contributed by atoms with E-state index in [0.717, 1.165) is 24.1 Å². The molecule has 2 aliphatic heterocycles. The van der Waals surface area contributed by atoms with Gasteiger partial charge in [0.2, 0.25) is 5.91 Å². The molecule has 0 bridgehead atoms. The molecule has 1 saturated heterocycles. The molecule has 1 aromatic rings. The number of rotatable bonds is 3. The summed E-state index contributed by atoms with van der Waals surface area (Å²) in [5.74, 6) is 0.673. The molecular weight excluding hydrogens is 348 g/mol. The third-order valence-corrected chi connectivity index (χ3v) is 4.78. The Morgan fingerprint density at radius 3 is 2.78 bits per heavy atom. The van der Waals surface area contributed by atoms with Gasteiger partial charge in [-0.3, -0.25) is 9.69 Å². The minimum atomic E-state index is -0.596. The van der Waals surface area contributed by atoms with Crippen LogP contribution in [0.4, 0.5) is 10.5 Å². The summed E-state index contributed by atoms with van der Waals surface area (Å²) in [6, 6.07) is 5.44. The normalized spacial score (nSPS) is 22.7. The van der Waals surface area contributed by atoms with Gasteiger partial charge in [0.15, 0.2) is 0 Å². The smallest absolute Gasteiger partial charge is 0.410 e. The summed E-state index contributed by atoms with van der Waals surface area (Å²) in [6.45, 7) is 5.70. The van der Waals surface area contributed by atoms with Crippen LogP contribution in [0, 0.1) is 0 Å². The summed E-state index contributed by atoms with van der Waals surface area (Å²) in [6.07, 6.45) is 1.97. The molecule has 148 valence electrons. The Morgan fingerprint density at radius 2 is 2.07 bits per heavy atom. The Hall–Kier alpha value is -2.28. The molecule has 0 unspecified atom stereocenters. The summed E-state index contributed by atoms with van der Waals surface area (Å²) in [5, 5.41) is 12.5. The van der Waals surface area contributed by atoms with Crippen LogP contribution in [0.15, 0.2) is 18.2 Å². The highest BCUT2D eigenvalue weighted by Gasteiger charge is 2.35. The van der Waals surface area contributed by atoms with Gasteiger partial charge >= 0.3 is 6.09 Å². The average molecular weight is 376 g/mol. The van der Waals surface area contributed by atoms with Gasteiger partial charge in [-0.05, 0) is 51.7 Å². The number of piperidine rings is 1. The molecule has 0 aromatic heterocycles. The third kappa shape index (κ3) is 4.91. The lowest BCUT2D eigenvalue weighted by Crippen LogP contribution is -2.53. The van der Waals surface area contributed by atoms with E-state index in [9.17, 15) is 14.7 Å². The standard InChI is InChI=1S/C20H28N2O5/c1-20(2,3)27-19(25)22-11-16(8-6-14(22)12-23)26-15-7-4-13-5-9-18(24)21-17(13)10-15/h4,7,10,14,16,23H,5-6,8-9,11-12H2,1-3H3,(H,21,24)/t14-,16+/m1/s1. The summed E-state index contributed by atoms with van der Waals surface area (Å²) in [5.41, 5.74) is 1.29. The van der Waals surface area contributed by atoms with Crippen molar-refractivity contribution in [3.8, 4) is 5.75 Å². The molecule has 1 aromatic carbocycles. The number of hydrogen-bond acceptors (Lipinski definition) is 5. The molecule has 2 amide bonds. The van der Waals surface area contributed by atoms with Gasteiger partial charge in [-0.15, -0.1) is 0 Å². The largest absolute Gasteiger partial charge is 0.489 e. The quantitative estimate of drug-likeness (QED) is 0.847. The topological polar surface area (TPSA) is 88.1 Å². The van der Waals surface area contributed by atoms with Gasteiger partial charge < -0.3 is 19.9 Å². The zero-order chi connectivity index (χ0) is 19.6. The van der Waals surface area contributed by atoms with Crippen LogP contribution in [0.2, 0.25) is 0 Å². The van der Waals surface area contributed by atoms with E-state index >= 15 is 0 Å².